The van der Waals surface area contributed by atoms with Gasteiger partial charge < -0.3 is 14.7 Å². The molecule has 1 aromatic heterocycles. The van der Waals surface area contributed by atoms with Crippen LogP contribution in [0.15, 0.2) is 21.9 Å². The lowest BCUT2D eigenvalue weighted by Gasteiger charge is -2.23. The first-order chi connectivity index (χ1) is 10.5. The van der Waals surface area contributed by atoms with Gasteiger partial charge in [0.25, 0.3) is 5.56 Å². The Bertz CT molecular complexity index is 658. The quantitative estimate of drug-likeness (QED) is 0.658. The number of carboxylic acid groups (broad SMARTS) is 1. The average molecular weight is 311 g/mol. The van der Waals surface area contributed by atoms with Gasteiger partial charge in [0.1, 0.15) is 13.1 Å². The first-order valence-corrected chi connectivity index (χ1v) is 6.83. The second-order valence-electron chi connectivity index (χ2n) is 5.14. The Morgan fingerprint density at radius 3 is 2.82 bits per heavy atom. The fourth-order valence-electron chi connectivity index (χ4n) is 2.27. The fraction of sp³-hybridized carbons (Fsp3) is 0.538. The molecule has 2 rings (SSSR count). The minimum Gasteiger partial charge on any atom is -0.480 e. The highest BCUT2D eigenvalue weighted by Crippen LogP contribution is 2.14. The van der Waals surface area contributed by atoms with Crippen LogP contribution in [0.25, 0.3) is 0 Å². The molecule has 0 aliphatic carbocycles. The van der Waals surface area contributed by atoms with Crippen molar-refractivity contribution >= 4 is 11.9 Å². The van der Waals surface area contributed by atoms with E-state index in [9.17, 15) is 19.2 Å². The largest absolute Gasteiger partial charge is 0.480 e. The van der Waals surface area contributed by atoms with Crippen LogP contribution in [0.1, 0.15) is 6.42 Å². The van der Waals surface area contributed by atoms with Crippen LogP contribution in [0, 0.1) is 5.92 Å². The molecule has 9 heteroatoms. The molecule has 0 saturated carbocycles. The molecule has 1 aliphatic heterocycles. The highest BCUT2D eigenvalue weighted by Gasteiger charge is 2.24. The van der Waals surface area contributed by atoms with Crippen molar-refractivity contribution < 1.29 is 19.4 Å². The fourth-order valence-corrected chi connectivity index (χ4v) is 2.27. The highest BCUT2D eigenvalue weighted by atomic mass is 16.5. The number of aromatic nitrogens is 2. The summed E-state index contributed by atoms with van der Waals surface area (Å²) in [4.78, 5) is 48.9. The number of nitrogens with one attached hydrogen (secondary N) is 1. The number of nitrogens with zero attached hydrogens (tertiary/aromatic N) is 2. The zero-order valence-corrected chi connectivity index (χ0v) is 11.9. The summed E-state index contributed by atoms with van der Waals surface area (Å²) in [5.74, 6) is -1.53. The Hall–Kier alpha value is -2.42. The Morgan fingerprint density at radius 1 is 1.45 bits per heavy atom. The monoisotopic (exact) mass is 311 g/mol. The number of hydrogen-bond acceptors (Lipinski definition) is 5. The van der Waals surface area contributed by atoms with E-state index in [-0.39, 0.29) is 19.0 Å². The first kappa shape index (κ1) is 16.0. The molecule has 120 valence electrons. The van der Waals surface area contributed by atoms with E-state index in [0.29, 0.717) is 13.2 Å². The molecule has 1 amide bonds. The number of H-pyrrole nitrogens is 1. The molecule has 0 radical (unpaired) electrons. The van der Waals surface area contributed by atoms with Gasteiger partial charge in [0.05, 0.1) is 6.61 Å². The van der Waals surface area contributed by atoms with Crippen molar-refractivity contribution in [2.24, 2.45) is 5.92 Å². The molecule has 1 saturated heterocycles. The van der Waals surface area contributed by atoms with Crippen molar-refractivity contribution in [3.63, 3.8) is 0 Å². The average Bonchev–Trinajstić information content (AvgIpc) is 2.93. The van der Waals surface area contributed by atoms with Gasteiger partial charge in [-0.2, -0.15) is 0 Å². The maximum absolute atomic E-state index is 12.2. The van der Waals surface area contributed by atoms with E-state index in [1.165, 1.54) is 11.1 Å². The van der Waals surface area contributed by atoms with Gasteiger partial charge >= 0.3 is 11.7 Å². The third kappa shape index (κ3) is 4.29. The summed E-state index contributed by atoms with van der Waals surface area (Å²) in [5, 5.41) is 8.92. The lowest BCUT2D eigenvalue weighted by molar-refractivity contribution is -0.145. The molecule has 1 fully saturated rings. The van der Waals surface area contributed by atoms with Crippen LogP contribution < -0.4 is 11.2 Å². The van der Waals surface area contributed by atoms with Crippen molar-refractivity contribution in [3.8, 4) is 0 Å². The first-order valence-electron chi connectivity index (χ1n) is 6.83. The second-order valence-corrected chi connectivity index (χ2v) is 5.14. The van der Waals surface area contributed by atoms with E-state index in [2.05, 4.69) is 0 Å². The van der Waals surface area contributed by atoms with Gasteiger partial charge in [0, 0.05) is 31.3 Å². The van der Waals surface area contributed by atoms with Crippen LogP contribution >= 0.6 is 0 Å². The number of carboxylic acids is 1. The lowest BCUT2D eigenvalue weighted by atomic mass is 10.1. The molecule has 1 aromatic rings. The maximum atomic E-state index is 12.2. The summed E-state index contributed by atoms with van der Waals surface area (Å²) >= 11 is 0. The van der Waals surface area contributed by atoms with Crippen LogP contribution in [0.5, 0.6) is 0 Å². The van der Waals surface area contributed by atoms with Crippen molar-refractivity contribution in [3.05, 3.63) is 33.1 Å². The number of aliphatic carboxylic acids is 1. The molecule has 0 aromatic carbocycles. The van der Waals surface area contributed by atoms with Gasteiger partial charge in [-0.3, -0.25) is 23.9 Å². The summed E-state index contributed by atoms with van der Waals surface area (Å²) in [6.07, 6.45) is 1.97. The third-order valence-electron chi connectivity index (χ3n) is 3.38. The molecular weight excluding hydrogens is 294 g/mol. The molecule has 22 heavy (non-hydrogen) atoms. The number of rotatable bonds is 6. The number of ether oxygens (including phenoxy) is 1. The number of carbonyl (C=O) groups excluding carboxylic acids is 1. The standard InChI is InChI=1S/C13H17N3O6/c17-10-1-3-15(13(21)14-10)6-11(18)16(7-12(19)20)5-9-2-4-22-8-9/h1,3,9H,2,4-8H2,(H,19,20)(H,14,17,21)/t9-/m0/s1. The van der Waals surface area contributed by atoms with E-state index in [1.807, 2.05) is 4.98 Å². The van der Waals surface area contributed by atoms with Crippen LogP contribution in [0.4, 0.5) is 0 Å². The molecule has 0 spiro atoms. The minimum absolute atomic E-state index is 0.0932. The van der Waals surface area contributed by atoms with Crippen LogP contribution in [0.2, 0.25) is 0 Å². The number of amides is 1. The SMILES string of the molecule is O=C(O)CN(C[C@@H]1CCOC1)C(=O)Cn1ccc(=O)[nH]c1=O. The Morgan fingerprint density at radius 2 is 2.23 bits per heavy atom. The van der Waals surface area contributed by atoms with E-state index < -0.39 is 29.7 Å². The Labute approximate surface area is 125 Å². The summed E-state index contributed by atoms with van der Waals surface area (Å²) in [6.45, 7) is 0.592. The van der Waals surface area contributed by atoms with E-state index >= 15 is 0 Å². The van der Waals surface area contributed by atoms with Crippen LogP contribution in [-0.4, -0.2) is 57.7 Å². The smallest absolute Gasteiger partial charge is 0.328 e. The van der Waals surface area contributed by atoms with Crippen molar-refractivity contribution in [2.75, 3.05) is 26.3 Å². The molecule has 0 bridgehead atoms. The predicted octanol–water partition coefficient (Wildman–Crippen LogP) is -1.51. The summed E-state index contributed by atoms with van der Waals surface area (Å²) in [6, 6.07) is 1.13. The molecule has 2 N–H and O–H groups in total. The van der Waals surface area contributed by atoms with Gasteiger partial charge in [0.15, 0.2) is 0 Å². The summed E-state index contributed by atoms with van der Waals surface area (Å²) < 4.78 is 6.24. The van der Waals surface area contributed by atoms with Crippen molar-refractivity contribution in [1.29, 1.82) is 0 Å². The zero-order valence-electron chi connectivity index (χ0n) is 11.9. The second kappa shape index (κ2) is 7.03. The topological polar surface area (TPSA) is 122 Å². The van der Waals surface area contributed by atoms with Crippen LogP contribution in [0.3, 0.4) is 0 Å². The Balaban J connectivity index is 2.08. The molecule has 9 nitrogen and oxygen atoms in total. The Kier molecular flexibility index (Phi) is 5.10. The van der Waals surface area contributed by atoms with E-state index in [4.69, 9.17) is 9.84 Å². The summed E-state index contributed by atoms with van der Waals surface area (Å²) in [7, 11) is 0. The molecular formula is C13H17N3O6. The van der Waals surface area contributed by atoms with Crippen LogP contribution in [-0.2, 0) is 20.9 Å². The summed E-state index contributed by atoms with van der Waals surface area (Å²) in [5.41, 5.74) is -1.26. The van der Waals surface area contributed by atoms with Gasteiger partial charge in [-0.1, -0.05) is 0 Å². The lowest BCUT2D eigenvalue weighted by Crippen LogP contribution is -2.43. The molecule has 1 atom stereocenters. The molecule has 0 unspecified atom stereocenters. The number of aromatic amines is 1. The molecule has 2 heterocycles. The zero-order chi connectivity index (χ0) is 16.1. The minimum atomic E-state index is -1.12. The van der Waals surface area contributed by atoms with E-state index in [0.717, 1.165) is 17.1 Å². The normalized spacial score (nSPS) is 17.4. The van der Waals surface area contributed by atoms with Crippen molar-refractivity contribution in [2.45, 2.75) is 13.0 Å². The van der Waals surface area contributed by atoms with Gasteiger partial charge in [-0.25, -0.2) is 4.79 Å². The number of hydrogen-bond donors (Lipinski definition) is 2. The number of carbonyl (C=O) groups is 2. The molecule has 1 aliphatic rings. The van der Waals surface area contributed by atoms with Gasteiger partial charge in [-0.15, -0.1) is 0 Å². The predicted molar refractivity (Wildman–Crippen MR) is 74.5 cm³/mol. The third-order valence-corrected chi connectivity index (χ3v) is 3.38. The maximum Gasteiger partial charge on any atom is 0.328 e. The van der Waals surface area contributed by atoms with Gasteiger partial charge in [0.2, 0.25) is 5.91 Å². The van der Waals surface area contributed by atoms with Gasteiger partial charge in [-0.05, 0) is 6.42 Å². The highest BCUT2D eigenvalue weighted by molar-refractivity contribution is 5.81. The van der Waals surface area contributed by atoms with Crippen molar-refractivity contribution in [1.82, 2.24) is 14.5 Å². The van der Waals surface area contributed by atoms with E-state index in [1.54, 1.807) is 0 Å².